The lowest BCUT2D eigenvalue weighted by Gasteiger charge is -2.33. The summed E-state index contributed by atoms with van der Waals surface area (Å²) in [5.41, 5.74) is 8.36. The molecular weight excluding hydrogens is 342 g/mol. The van der Waals surface area contributed by atoms with E-state index in [1.54, 1.807) is 4.90 Å². The molecule has 0 aromatic heterocycles. The summed E-state index contributed by atoms with van der Waals surface area (Å²) in [5, 5.41) is 15.1. The molecule has 0 saturated carbocycles. The molecule has 0 fully saturated rings. The molecule has 0 saturated heterocycles. The highest BCUT2D eigenvalue weighted by Gasteiger charge is 2.43. The van der Waals surface area contributed by atoms with Crippen molar-refractivity contribution >= 4 is 12.2 Å². The van der Waals surface area contributed by atoms with Crippen molar-refractivity contribution in [1.82, 2.24) is 26.4 Å². The SMILES string of the molecule is CC1(C)C2=C(CN1C(=O)NNCc1ccccc1)NC(NCCC#N)N=C2. The number of nitriles is 1. The van der Waals surface area contributed by atoms with Crippen LogP contribution in [0, 0.1) is 11.3 Å². The Hall–Kier alpha value is -2.89. The van der Waals surface area contributed by atoms with Crippen LogP contribution in [0.3, 0.4) is 0 Å². The number of urea groups is 1. The summed E-state index contributed by atoms with van der Waals surface area (Å²) >= 11 is 0. The van der Waals surface area contributed by atoms with Crippen LogP contribution in [-0.4, -0.2) is 42.1 Å². The zero-order valence-electron chi connectivity index (χ0n) is 15.6. The summed E-state index contributed by atoms with van der Waals surface area (Å²) in [6.45, 7) is 5.60. The summed E-state index contributed by atoms with van der Waals surface area (Å²) in [5.74, 6) is 0. The first kappa shape index (κ1) is 18.9. The van der Waals surface area contributed by atoms with E-state index in [2.05, 4.69) is 32.5 Å². The molecule has 8 heteroatoms. The van der Waals surface area contributed by atoms with Crippen LogP contribution in [0.1, 0.15) is 25.8 Å². The predicted octanol–water partition coefficient (Wildman–Crippen LogP) is 1.21. The van der Waals surface area contributed by atoms with Gasteiger partial charge < -0.3 is 10.2 Å². The maximum Gasteiger partial charge on any atom is 0.332 e. The van der Waals surface area contributed by atoms with Crippen molar-refractivity contribution in [2.45, 2.75) is 38.6 Å². The van der Waals surface area contributed by atoms with E-state index in [1.807, 2.05) is 50.4 Å². The molecule has 1 atom stereocenters. The first-order valence-corrected chi connectivity index (χ1v) is 9.00. The standard InChI is InChI=1S/C19H25N7O/c1-19(2)15-12-22-17(21-10-6-9-20)24-16(15)13-26(19)18(27)25-23-11-14-7-4-3-5-8-14/h3-5,7-8,12,17,21,23-24H,6,10-11,13H2,1-2H3,(H,25,27). The zero-order chi connectivity index (χ0) is 19.3. The van der Waals surface area contributed by atoms with Crippen LogP contribution in [-0.2, 0) is 6.54 Å². The molecule has 27 heavy (non-hydrogen) atoms. The van der Waals surface area contributed by atoms with Gasteiger partial charge in [0.2, 0.25) is 0 Å². The van der Waals surface area contributed by atoms with E-state index in [9.17, 15) is 4.79 Å². The number of benzene rings is 1. The van der Waals surface area contributed by atoms with Crippen LogP contribution in [0.25, 0.3) is 0 Å². The monoisotopic (exact) mass is 367 g/mol. The van der Waals surface area contributed by atoms with Gasteiger partial charge in [-0.3, -0.25) is 15.7 Å². The van der Waals surface area contributed by atoms with E-state index < -0.39 is 5.54 Å². The number of nitrogens with zero attached hydrogens (tertiary/aromatic N) is 3. The van der Waals surface area contributed by atoms with Gasteiger partial charge in [-0.05, 0) is 19.4 Å². The third-order valence-electron chi connectivity index (χ3n) is 4.79. The van der Waals surface area contributed by atoms with Gasteiger partial charge in [0.25, 0.3) is 0 Å². The Morgan fingerprint density at radius 1 is 1.41 bits per heavy atom. The second kappa shape index (κ2) is 8.20. The fraction of sp³-hybridized carbons (Fsp3) is 0.421. The maximum absolute atomic E-state index is 12.7. The van der Waals surface area contributed by atoms with Crippen molar-refractivity contribution in [2.24, 2.45) is 4.99 Å². The molecule has 0 bridgehead atoms. The Balaban J connectivity index is 1.55. The van der Waals surface area contributed by atoms with Gasteiger partial charge in [-0.1, -0.05) is 30.3 Å². The van der Waals surface area contributed by atoms with Gasteiger partial charge in [0.1, 0.15) is 0 Å². The molecule has 1 unspecified atom stereocenters. The zero-order valence-corrected chi connectivity index (χ0v) is 15.6. The maximum atomic E-state index is 12.7. The Morgan fingerprint density at radius 2 is 2.19 bits per heavy atom. The summed E-state index contributed by atoms with van der Waals surface area (Å²) in [7, 11) is 0. The summed E-state index contributed by atoms with van der Waals surface area (Å²) in [4.78, 5) is 18.9. The minimum atomic E-state index is -0.470. The molecule has 1 aromatic rings. The fourth-order valence-electron chi connectivity index (χ4n) is 3.25. The molecule has 3 rings (SSSR count). The number of carbonyl (C=O) groups is 1. The van der Waals surface area contributed by atoms with Crippen molar-refractivity contribution < 1.29 is 4.79 Å². The predicted molar refractivity (Wildman–Crippen MR) is 103 cm³/mol. The first-order chi connectivity index (χ1) is 13.0. The van der Waals surface area contributed by atoms with E-state index in [1.165, 1.54) is 0 Å². The molecule has 4 N–H and O–H groups in total. The molecule has 1 aromatic carbocycles. The number of rotatable bonds is 6. The van der Waals surface area contributed by atoms with Crippen molar-refractivity contribution in [3.8, 4) is 6.07 Å². The fourth-order valence-corrected chi connectivity index (χ4v) is 3.25. The molecule has 0 radical (unpaired) electrons. The summed E-state index contributed by atoms with van der Waals surface area (Å²) < 4.78 is 0. The Labute approximate surface area is 159 Å². The van der Waals surface area contributed by atoms with Crippen LogP contribution in [0.5, 0.6) is 0 Å². The van der Waals surface area contributed by atoms with Gasteiger partial charge in [-0.15, -0.1) is 0 Å². The number of amides is 2. The van der Waals surface area contributed by atoms with Crippen molar-refractivity contribution in [2.75, 3.05) is 13.1 Å². The van der Waals surface area contributed by atoms with Gasteiger partial charge >= 0.3 is 6.03 Å². The topological polar surface area (TPSA) is 105 Å². The molecule has 2 aliphatic rings. The average Bonchev–Trinajstić information content (AvgIpc) is 2.93. The van der Waals surface area contributed by atoms with Crippen molar-refractivity contribution in [3.05, 3.63) is 47.2 Å². The number of hydrazine groups is 1. The van der Waals surface area contributed by atoms with E-state index >= 15 is 0 Å². The third kappa shape index (κ3) is 4.27. The smallest absolute Gasteiger partial charge is 0.332 e. The number of hydrogen-bond donors (Lipinski definition) is 4. The Bertz CT molecular complexity index is 779. The largest absolute Gasteiger partial charge is 0.353 e. The normalized spacial score (nSPS) is 20.0. The van der Waals surface area contributed by atoms with E-state index in [-0.39, 0.29) is 12.3 Å². The highest BCUT2D eigenvalue weighted by atomic mass is 16.2. The molecule has 2 heterocycles. The van der Waals surface area contributed by atoms with Crippen molar-refractivity contribution in [3.63, 3.8) is 0 Å². The Kier molecular flexibility index (Phi) is 5.74. The minimum absolute atomic E-state index is 0.186. The van der Waals surface area contributed by atoms with Crippen LogP contribution in [0.2, 0.25) is 0 Å². The third-order valence-corrected chi connectivity index (χ3v) is 4.79. The second-order valence-electron chi connectivity index (χ2n) is 6.99. The summed E-state index contributed by atoms with van der Waals surface area (Å²) in [6, 6.07) is 11.8. The van der Waals surface area contributed by atoms with Gasteiger partial charge in [0, 0.05) is 37.0 Å². The molecule has 8 nitrogen and oxygen atoms in total. The average molecular weight is 367 g/mol. The highest BCUT2D eigenvalue weighted by Crippen LogP contribution is 2.33. The van der Waals surface area contributed by atoms with Gasteiger partial charge in [0.15, 0.2) is 6.29 Å². The van der Waals surface area contributed by atoms with E-state index in [0.29, 0.717) is 26.1 Å². The lowest BCUT2D eigenvalue weighted by molar-refractivity contribution is 0.168. The van der Waals surface area contributed by atoms with Gasteiger partial charge in [0.05, 0.1) is 18.2 Å². The van der Waals surface area contributed by atoms with Crippen LogP contribution < -0.4 is 21.5 Å². The number of aliphatic imine (C=N–C) groups is 1. The number of hydrogen-bond acceptors (Lipinski definition) is 6. The van der Waals surface area contributed by atoms with Gasteiger partial charge in [-0.25, -0.2) is 10.2 Å². The molecule has 2 amide bonds. The minimum Gasteiger partial charge on any atom is -0.353 e. The number of nitrogens with one attached hydrogen (secondary N) is 4. The summed E-state index contributed by atoms with van der Waals surface area (Å²) in [6.07, 6.45) is 1.97. The van der Waals surface area contributed by atoms with Crippen LogP contribution in [0.4, 0.5) is 4.79 Å². The van der Waals surface area contributed by atoms with Crippen molar-refractivity contribution in [1.29, 1.82) is 5.26 Å². The van der Waals surface area contributed by atoms with Gasteiger partial charge in [-0.2, -0.15) is 5.26 Å². The van der Waals surface area contributed by atoms with E-state index in [4.69, 9.17) is 5.26 Å². The molecule has 2 aliphatic heterocycles. The first-order valence-electron chi connectivity index (χ1n) is 9.00. The molecule has 0 aliphatic carbocycles. The van der Waals surface area contributed by atoms with E-state index in [0.717, 1.165) is 16.8 Å². The van der Waals surface area contributed by atoms with Crippen LogP contribution in [0.15, 0.2) is 46.6 Å². The molecule has 142 valence electrons. The lowest BCUT2D eigenvalue weighted by atomic mass is 9.95. The highest BCUT2D eigenvalue weighted by molar-refractivity contribution is 5.88. The lowest BCUT2D eigenvalue weighted by Crippen LogP contribution is -2.53. The quantitative estimate of drug-likeness (QED) is 0.447. The Morgan fingerprint density at radius 3 is 2.93 bits per heavy atom. The molecule has 0 spiro atoms. The van der Waals surface area contributed by atoms with Crippen LogP contribution >= 0.6 is 0 Å². The number of carbonyl (C=O) groups excluding carboxylic acids is 1. The molecular formula is C19H25N7O. The second-order valence-corrected chi connectivity index (χ2v) is 6.99.